The molecule has 102 valence electrons. The summed E-state index contributed by atoms with van der Waals surface area (Å²) in [7, 11) is 0. The number of benzene rings is 1. The predicted octanol–water partition coefficient (Wildman–Crippen LogP) is 3.88. The molecule has 3 aromatic rings. The van der Waals surface area contributed by atoms with Gasteiger partial charge in [0, 0.05) is 16.5 Å². The molecule has 0 spiro atoms. The van der Waals surface area contributed by atoms with Crippen LogP contribution >= 0.6 is 11.3 Å². The summed E-state index contributed by atoms with van der Waals surface area (Å²) in [4.78, 5) is 14.3. The van der Waals surface area contributed by atoms with E-state index in [-0.39, 0.29) is 6.04 Å². The number of nitrogens with one attached hydrogen (secondary N) is 1. The Morgan fingerprint density at radius 1 is 1.15 bits per heavy atom. The average molecular weight is 284 g/mol. The predicted molar refractivity (Wildman–Crippen MR) is 83.2 cm³/mol. The maximum absolute atomic E-state index is 4.42. The van der Waals surface area contributed by atoms with Crippen molar-refractivity contribution in [2.24, 2.45) is 0 Å². The van der Waals surface area contributed by atoms with Crippen LogP contribution in [0.4, 0.5) is 5.82 Å². The minimum atomic E-state index is 0.132. The number of thiazole rings is 1. The summed E-state index contributed by atoms with van der Waals surface area (Å²) in [6.07, 6.45) is 3.50. The van der Waals surface area contributed by atoms with E-state index in [1.807, 2.05) is 12.3 Å². The van der Waals surface area contributed by atoms with Gasteiger partial charge >= 0.3 is 0 Å². The van der Waals surface area contributed by atoms with E-state index < -0.39 is 0 Å². The van der Waals surface area contributed by atoms with E-state index >= 15 is 0 Å². The third kappa shape index (κ3) is 2.49. The Labute approximate surface area is 121 Å². The Hall–Kier alpha value is -2.01. The molecule has 2 heterocycles. The van der Waals surface area contributed by atoms with E-state index in [0.29, 0.717) is 0 Å². The number of rotatable bonds is 3. The molecule has 0 radical (unpaired) electrons. The number of nitrogens with zero attached hydrogens (tertiary/aromatic N) is 3. The minimum absolute atomic E-state index is 0.132. The van der Waals surface area contributed by atoms with Crippen LogP contribution in [0.1, 0.15) is 28.4 Å². The second kappa shape index (κ2) is 5.17. The zero-order chi connectivity index (χ0) is 14.1. The fourth-order valence-corrected chi connectivity index (χ4v) is 2.90. The molecular weight excluding hydrogens is 268 g/mol. The monoisotopic (exact) mass is 284 g/mol. The fraction of sp³-hybridized carbons (Fsp3) is 0.267. The van der Waals surface area contributed by atoms with Crippen LogP contribution in [0.15, 0.2) is 30.7 Å². The van der Waals surface area contributed by atoms with Gasteiger partial charge in [0.2, 0.25) is 0 Å². The smallest absolute Gasteiger partial charge is 0.137 e. The van der Waals surface area contributed by atoms with Gasteiger partial charge in [-0.2, -0.15) is 0 Å². The van der Waals surface area contributed by atoms with Crippen molar-refractivity contribution in [2.45, 2.75) is 26.8 Å². The molecule has 0 aliphatic heterocycles. The Kier molecular flexibility index (Phi) is 3.36. The van der Waals surface area contributed by atoms with Crippen molar-refractivity contribution in [2.75, 3.05) is 5.32 Å². The molecule has 0 fully saturated rings. The third-order valence-corrected chi connectivity index (χ3v) is 4.25. The van der Waals surface area contributed by atoms with Crippen LogP contribution in [-0.2, 0) is 0 Å². The molecule has 1 aromatic carbocycles. The standard InChI is InChI=1S/C15H16N4S/c1-9-4-5-13-12(6-9)14(18-8-17-13)19-11(3)15-16-7-10(2)20-15/h4-8,11H,1-3H3,(H,17,18,19). The maximum Gasteiger partial charge on any atom is 0.137 e. The summed E-state index contributed by atoms with van der Waals surface area (Å²) in [5.41, 5.74) is 2.16. The molecular formula is C15H16N4S. The normalized spacial score (nSPS) is 12.6. The topological polar surface area (TPSA) is 50.7 Å². The highest BCUT2D eigenvalue weighted by atomic mass is 32.1. The molecule has 4 nitrogen and oxygen atoms in total. The number of aromatic nitrogens is 3. The summed E-state index contributed by atoms with van der Waals surface area (Å²) in [5, 5.41) is 5.56. The van der Waals surface area contributed by atoms with E-state index in [1.54, 1.807) is 17.7 Å². The molecule has 0 bridgehead atoms. The van der Waals surface area contributed by atoms with E-state index in [0.717, 1.165) is 21.7 Å². The molecule has 1 unspecified atom stereocenters. The Morgan fingerprint density at radius 2 is 2.00 bits per heavy atom. The number of hydrogen-bond donors (Lipinski definition) is 1. The molecule has 3 rings (SSSR count). The van der Waals surface area contributed by atoms with Gasteiger partial charge in [0.15, 0.2) is 0 Å². The number of hydrogen-bond acceptors (Lipinski definition) is 5. The number of anilines is 1. The zero-order valence-corrected chi connectivity index (χ0v) is 12.5. The third-order valence-electron chi connectivity index (χ3n) is 3.15. The van der Waals surface area contributed by atoms with Crippen LogP contribution in [0.3, 0.4) is 0 Å². The molecule has 0 aliphatic carbocycles. The summed E-state index contributed by atoms with van der Waals surface area (Å²) in [5.74, 6) is 0.860. The first kappa shape index (κ1) is 13.0. The SMILES string of the molecule is Cc1ccc2ncnc(NC(C)c3ncc(C)s3)c2c1. The van der Waals surface area contributed by atoms with E-state index in [4.69, 9.17) is 0 Å². The lowest BCUT2D eigenvalue weighted by Crippen LogP contribution is -2.08. The largest absolute Gasteiger partial charge is 0.360 e. The molecule has 0 aliphatic rings. The average Bonchev–Trinajstić information content (AvgIpc) is 2.86. The van der Waals surface area contributed by atoms with Gasteiger partial charge in [-0.3, -0.25) is 0 Å². The summed E-state index contributed by atoms with van der Waals surface area (Å²) in [6.45, 7) is 6.24. The molecule has 1 atom stereocenters. The fourth-order valence-electron chi connectivity index (χ4n) is 2.12. The Balaban J connectivity index is 1.96. The minimum Gasteiger partial charge on any atom is -0.360 e. The molecule has 0 amide bonds. The first-order valence-electron chi connectivity index (χ1n) is 6.54. The summed E-state index contributed by atoms with van der Waals surface area (Å²) >= 11 is 1.71. The van der Waals surface area contributed by atoms with Gasteiger partial charge in [-0.25, -0.2) is 15.0 Å². The second-order valence-electron chi connectivity index (χ2n) is 4.92. The van der Waals surface area contributed by atoms with Crippen LogP contribution in [-0.4, -0.2) is 15.0 Å². The van der Waals surface area contributed by atoms with Gasteiger partial charge in [0.25, 0.3) is 0 Å². The molecule has 0 saturated carbocycles. The zero-order valence-electron chi connectivity index (χ0n) is 11.7. The van der Waals surface area contributed by atoms with Gasteiger partial charge in [-0.15, -0.1) is 11.3 Å². The highest BCUT2D eigenvalue weighted by Crippen LogP contribution is 2.26. The first-order chi connectivity index (χ1) is 9.63. The highest BCUT2D eigenvalue weighted by molar-refractivity contribution is 7.11. The van der Waals surface area contributed by atoms with E-state index in [9.17, 15) is 0 Å². The van der Waals surface area contributed by atoms with Gasteiger partial charge in [0.05, 0.1) is 11.6 Å². The maximum atomic E-state index is 4.42. The molecule has 1 N–H and O–H groups in total. The van der Waals surface area contributed by atoms with Crippen LogP contribution in [0.2, 0.25) is 0 Å². The van der Waals surface area contributed by atoms with Crippen molar-refractivity contribution in [3.63, 3.8) is 0 Å². The lowest BCUT2D eigenvalue weighted by atomic mass is 10.1. The van der Waals surface area contributed by atoms with Gasteiger partial charge < -0.3 is 5.32 Å². The van der Waals surface area contributed by atoms with Crippen LogP contribution in [0.25, 0.3) is 10.9 Å². The molecule has 20 heavy (non-hydrogen) atoms. The highest BCUT2D eigenvalue weighted by Gasteiger charge is 2.12. The van der Waals surface area contributed by atoms with E-state index in [1.165, 1.54) is 10.4 Å². The van der Waals surface area contributed by atoms with Crippen molar-refractivity contribution in [3.8, 4) is 0 Å². The van der Waals surface area contributed by atoms with Crippen molar-refractivity contribution < 1.29 is 0 Å². The van der Waals surface area contributed by atoms with Gasteiger partial charge in [0.1, 0.15) is 17.2 Å². The van der Waals surface area contributed by atoms with Crippen molar-refractivity contribution in [1.29, 1.82) is 0 Å². The van der Waals surface area contributed by atoms with Crippen molar-refractivity contribution in [3.05, 3.63) is 46.2 Å². The van der Waals surface area contributed by atoms with E-state index in [2.05, 4.69) is 53.2 Å². The van der Waals surface area contributed by atoms with Crippen LogP contribution < -0.4 is 5.32 Å². The van der Waals surface area contributed by atoms with Gasteiger partial charge in [-0.1, -0.05) is 11.6 Å². The Morgan fingerprint density at radius 3 is 2.75 bits per heavy atom. The van der Waals surface area contributed by atoms with Gasteiger partial charge in [-0.05, 0) is 32.9 Å². The van der Waals surface area contributed by atoms with Crippen molar-refractivity contribution >= 4 is 28.1 Å². The Bertz CT molecular complexity index is 750. The first-order valence-corrected chi connectivity index (χ1v) is 7.35. The lowest BCUT2D eigenvalue weighted by molar-refractivity contribution is 0.862. The molecule has 2 aromatic heterocycles. The summed E-state index contributed by atoms with van der Waals surface area (Å²) in [6, 6.07) is 6.33. The number of fused-ring (bicyclic) bond motifs is 1. The summed E-state index contributed by atoms with van der Waals surface area (Å²) < 4.78 is 0. The lowest BCUT2D eigenvalue weighted by Gasteiger charge is -2.13. The van der Waals surface area contributed by atoms with Crippen molar-refractivity contribution in [1.82, 2.24) is 15.0 Å². The van der Waals surface area contributed by atoms with Crippen LogP contribution in [0, 0.1) is 13.8 Å². The van der Waals surface area contributed by atoms with Crippen LogP contribution in [0.5, 0.6) is 0 Å². The molecule has 0 saturated heterocycles. The second-order valence-corrected chi connectivity index (χ2v) is 6.18. The quantitative estimate of drug-likeness (QED) is 0.793. The number of aryl methyl sites for hydroxylation is 2. The molecule has 5 heteroatoms.